The zero-order chi connectivity index (χ0) is 18.8. The number of hydrogen-bond donors (Lipinski definition) is 0. The fraction of sp³-hybridized carbons (Fsp3) is 0.0476. The van der Waals surface area contributed by atoms with Crippen LogP contribution in [0.2, 0.25) is 0 Å². The highest BCUT2D eigenvalue weighted by atomic mass is 32.1. The van der Waals surface area contributed by atoms with Gasteiger partial charge in [-0.3, -0.25) is 0 Å². The number of fused-ring (bicyclic) bond motifs is 1. The smallest absolute Gasteiger partial charge is 0.353 e. The number of rotatable bonds is 4. The fourth-order valence-electron chi connectivity index (χ4n) is 2.68. The molecule has 0 aliphatic carbocycles. The molecule has 0 spiro atoms. The number of carbonyl (C=O) groups is 1. The molecule has 2 aromatic heterocycles. The van der Waals surface area contributed by atoms with Crippen LogP contribution < -0.4 is 15.1 Å². The predicted octanol–water partition coefficient (Wildman–Crippen LogP) is 4.75. The Bertz CT molecular complexity index is 1160. The standard InChI is InChI=1S/C21H14O5S/c1-24-15-7-4-13(5-8-15)17-11-14-6-9-16(12-18(14)26-20(17)22)25-21(23)19-3-2-10-27-19/h2-12H,1H3. The molecule has 0 saturated carbocycles. The third kappa shape index (κ3) is 3.47. The maximum Gasteiger partial charge on any atom is 0.353 e. The first kappa shape index (κ1) is 17.1. The normalized spacial score (nSPS) is 10.7. The summed E-state index contributed by atoms with van der Waals surface area (Å²) in [6, 6.07) is 17.4. The highest BCUT2D eigenvalue weighted by molar-refractivity contribution is 7.12. The van der Waals surface area contributed by atoms with Crippen molar-refractivity contribution in [3.63, 3.8) is 0 Å². The van der Waals surface area contributed by atoms with E-state index in [9.17, 15) is 9.59 Å². The third-order valence-corrected chi connectivity index (χ3v) is 4.89. The monoisotopic (exact) mass is 378 g/mol. The van der Waals surface area contributed by atoms with Crippen molar-refractivity contribution < 1.29 is 18.7 Å². The molecule has 5 nitrogen and oxygen atoms in total. The maximum atomic E-state index is 12.4. The van der Waals surface area contributed by atoms with E-state index in [4.69, 9.17) is 13.9 Å². The number of esters is 1. The summed E-state index contributed by atoms with van der Waals surface area (Å²) < 4.78 is 15.9. The van der Waals surface area contributed by atoms with Crippen LogP contribution in [0.3, 0.4) is 0 Å². The quantitative estimate of drug-likeness (QED) is 0.291. The van der Waals surface area contributed by atoms with Crippen LogP contribution in [0.15, 0.2) is 75.3 Å². The Morgan fingerprint density at radius 3 is 2.48 bits per heavy atom. The fourth-order valence-corrected chi connectivity index (χ4v) is 3.28. The van der Waals surface area contributed by atoms with Gasteiger partial charge < -0.3 is 13.9 Å². The molecule has 27 heavy (non-hydrogen) atoms. The number of hydrogen-bond acceptors (Lipinski definition) is 6. The van der Waals surface area contributed by atoms with Gasteiger partial charge in [0.2, 0.25) is 0 Å². The number of methoxy groups -OCH3 is 1. The second-order valence-corrected chi connectivity index (χ2v) is 6.69. The molecular weight excluding hydrogens is 364 g/mol. The molecule has 0 atom stereocenters. The molecule has 0 aliphatic rings. The van der Waals surface area contributed by atoms with Crippen LogP contribution in [-0.2, 0) is 0 Å². The average molecular weight is 378 g/mol. The lowest BCUT2D eigenvalue weighted by Crippen LogP contribution is -2.06. The number of benzene rings is 2. The lowest BCUT2D eigenvalue weighted by molar-refractivity contribution is 0.0740. The van der Waals surface area contributed by atoms with E-state index < -0.39 is 11.6 Å². The van der Waals surface area contributed by atoms with Crippen LogP contribution in [0.1, 0.15) is 9.67 Å². The van der Waals surface area contributed by atoms with Gasteiger partial charge in [0.15, 0.2) is 0 Å². The first-order valence-corrected chi connectivity index (χ1v) is 9.00. The number of carbonyl (C=O) groups excluding carboxylic acids is 1. The van der Waals surface area contributed by atoms with Crippen molar-refractivity contribution in [2.45, 2.75) is 0 Å². The van der Waals surface area contributed by atoms with Crippen molar-refractivity contribution >= 4 is 28.3 Å². The molecule has 0 fully saturated rings. The van der Waals surface area contributed by atoms with Gasteiger partial charge in [0.05, 0.1) is 12.7 Å². The minimum atomic E-state index is -0.464. The summed E-state index contributed by atoms with van der Waals surface area (Å²) in [5.74, 6) is 0.587. The third-order valence-electron chi connectivity index (χ3n) is 4.04. The van der Waals surface area contributed by atoms with Crippen LogP contribution in [0.25, 0.3) is 22.1 Å². The Morgan fingerprint density at radius 1 is 1.00 bits per heavy atom. The Labute approximate surface area is 158 Å². The molecule has 4 rings (SSSR count). The summed E-state index contributed by atoms with van der Waals surface area (Å²) in [5, 5.41) is 2.54. The molecule has 4 aromatic rings. The summed E-state index contributed by atoms with van der Waals surface area (Å²) >= 11 is 1.30. The van der Waals surface area contributed by atoms with E-state index in [1.54, 1.807) is 73.2 Å². The summed E-state index contributed by atoms with van der Waals surface area (Å²) in [6.07, 6.45) is 0. The molecule has 0 aliphatic heterocycles. The van der Waals surface area contributed by atoms with Gasteiger partial charge in [-0.25, -0.2) is 9.59 Å². The Hall–Kier alpha value is -3.38. The van der Waals surface area contributed by atoms with Gasteiger partial charge >= 0.3 is 11.6 Å². The van der Waals surface area contributed by atoms with Gasteiger partial charge in [0.25, 0.3) is 0 Å². The van der Waals surface area contributed by atoms with Gasteiger partial charge in [-0.05, 0) is 47.3 Å². The summed E-state index contributed by atoms with van der Waals surface area (Å²) in [4.78, 5) is 25.0. The van der Waals surface area contributed by atoms with Crippen LogP contribution in [-0.4, -0.2) is 13.1 Å². The van der Waals surface area contributed by atoms with E-state index in [1.165, 1.54) is 11.3 Å². The largest absolute Gasteiger partial charge is 0.497 e. The molecule has 2 heterocycles. The molecular formula is C21H14O5S. The first-order valence-electron chi connectivity index (χ1n) is 8.12. The average Bonchev–Trinajstić information content (AvgIpc) is 3.22. The van der Waals surface area contributed by atoms with Crippen molar-refractivity contribution in [3.8, 4) is 22.6 Å². The van der Waals surface area contributed by atoms with Crippen molar-refractivity contribution in [3.05, 3.63) is 81.3 Å². The highest BCUT2D eigenvalue weighted by Crippen LogP contribution is 2.26. The van der Waals surface area contributed by atoms with Gasteiger partial charge in [-0.15, -0.1) is 11.3 Å². The van der Waals surface area contributed by atoms with E-state index >= 15 is 0 Å². The molecule has 0 amide bonds. The van der Waals surface area contributed by atoms with Crippen molar-refractivity contribution in [2.75, 3.05) is 7.11 Å². The van der Waals surface area contributed by atoms with Crippen LogP contribution in [0.4, 0.5) is 0 Å². The molecule has 134 valence electrons. The SMILES string of the molecule is COc1ccc(-c2cc3ccc(OC(=O)c4cccs4)cc3oc2=O)cc1. The van der Waals surface area contributed by atoms with Crippen LogP contribution in [0, 0.1) is 0 Å². The van der Waals surface area contributed by atoms with Crippen molar-refractivity contribution in [2.24, 2.45) is 0 Å². The summed E-state index contributed by atoms with van der Waals surface area (Å²) in [7, 11) is 1.59. The predicted molar refractivity (Wildman–Crippen MR) is 104 cm³/mol. The lowest BCUT2D eigenvalue weighted by Gasteiger charge is -2.06. The van der Waals surface area contributed by atoms with Crippen LogP contribution >= 0.6 is 11.3 Å². The van der Waals surface area contributed by atoms with Gasteiger partial charge in [-0.1, -0.05) is 18.2 Å². The summed E-state index contributed by atoms with van der Waals surface area (Å²) in [6.45, 7) is 0. The Balaban J connectivity index is 1.67. The van der Waals surface area contributed by atoms with E-state index in [-0.39, 0.29) is 0 Å². The van der Waals surface area contributed by atoms with Gasteiger partial charge in [0.1, 0.15) is 22.0 Å². The molecule has 0 saturated heterocycles. The van der Waals surface area contributed by atoms with E-state index in [0.717, 1.165) is 10.9 Å². The molecule has 2 aromatic carbocycles. The van der Waals surface area contributed by atoms with Crippen LogP contribution in [0.5, 0.6) is 11.5 Å². The zero-order valence-corrected chi connectivity index (χ0v) is 15.1. The number of ether oxygens (including phenoxy) is 2. The first-order chi connectivity index (χ1) is 13.1. The lowest BCUT2D eigenvalue weighted by atomic mass is 10.1. The molecule has 0 unspecified atom stereocenters. The minimum Gasteiger partial charge on any atom is -0.497 e. The van der Waals surface area contributed by atoms with Crippen molar-refractivity contribution in [1.29, 1.82) is 0 Å². The van der Waals surface area contributed by atoms with Crippen molar-refractivity contribution in [1.82, 2.24) is 0 Å². The van der Waals surface area contributed by atoms with E-state index in [0.29, 0.717) is 27.5 Å². The molecule has 0 N–H and O–H groups in total. The molecule has 0 bridgehead atoms. The summed E-state index contributed by atoms with van der Waals surface area (Å²) in [5.41, 5.74) is 1.08. The second kappa shape index (κ2) is 7.09. The highest BCUT2D eigenvalue weighted by Gasteiger charge is 2.12. The van der Waals surface area contributed by atoms with Gasteiger partial charge in [0, 0.05) is 11.5 Å². The van der Waals surface area contributed by atoms with E-state index in [2.05, 4.69) is 0 Å². The number of thiophene rings is 1. The second-order valence-electron chi connectivity index (χ2n) is 5.74. The minimum absolute atomic E-state index is 0.321. The topological polar surface area (TPSA) is 65.7 Å². The Kier molecular flexibility index (Phi) is 4.48. The molecule has 6 heteroatoms. The van der Waals surface area contributed by atoms with E-state index in [1.807, 2.05) is 0 Å². The maximum absolute atomic E-state index is 12.4. The van der Waals surface area contributed by atoms with Gasteiger partial charge in [-0.2, -0.15) is 0 Å². The zero-order valence-electron chi connectivity index (χ0n) is 14.3. The Morgan fingerprint density at radius 2 is 1.78 bits per heavy atom. The molecule has 0 radical (unpaired) electrons.